The van der Waals surface area contributed by atoms with Crippen molar-refractivity contribution in [2.45, 2.75) is 39.0 Å². The summed E-state index contributed by atoms with van der Waals surface area (Å²) in [5.41, 5.74) is 0. The molecule has 0 aromatic heterocycles. The van der Waals surface area contributed by atoms with Crippen molar-refractivity contribution in [1.82, 2.24) is 0 Å². The van der Waals surface area contributed by atoms with E-state index in [1.807, 2.05) is 0 Å². The van der Waals surface area contributed by atoms with Crippen LogP contribution in [0.3, 0.4) is 0 Å². The number of allylic oxidation sites excluding steroid dienone is 2. The molecule has 0 heterocycles. The van der Waals surface area contributed by atoms with E-state index in [0.29, 0.717) is 0 Å². The zero-order valence-electron chi connectivity index (χ0n) is 6.97. The van der Waals surface area contributed by atoms with Gasteiger partial charge in [-0.15, -0.1) is 0 Å². The van der Waals surface area contributed by atoms with E-state index in [1.54, 1.807) is 0 Å². The van der Waals surface area contributed by atoms with Crippen LogP contribution in [-0.2, 0) is 0 Å². The van der Waals surface area contributed by atoms with Gasteiger partial charge in [0.05, 0.1) is 0 Å². The van der Waals surface area contributed by atoms with Crippen LogP contribution < -0.4 is 0 Å². The molecule has 58 valence electrons. The third kappa shape index (κ3) is 7.74. The summed E-state index contributed by atoms with van der Waals surface area (Å²) in [6, 6.07) is 0. The summed E-state index contributed by atoms with van der Waals surface area (Å²) < 4.78 is 0. The van der Waals surface area contributed by atoms with E-state index >= 15 is 0 Å². The Labute approximate surface area is 65.3 Å². The number of unbranched alkanes of at least 4 members (excludes halogenated alkanes) is 4. The predicted molar refractivity (Wildman–Crippen MR) is 47.6 cm³/mol. The van der Waals surface area contributed by atoms with Gasteiger partial charge in [-0.3, -0.25) is 0 Å². The van der Waals surface area contributed by atoms with Crippen LogP contribution in [0, 0.1) is 13.3 Å². The van der Waals surface area contributed by atoms with E-state index in [2.05, 4.69) is 32.4 Å². The number of hydrogen-bond acceptors (Lipinski definition) is 0. The zero-order valence-corrected chi connectivity index (χ0v) is 6.97. The van der Waals surface area contributed by atoms with Crippen molar-refractivity contribution in [1.29, 1.82) is 0 Å². The molecule has 2 radical (unpaired) electrons. The molecule has 0 aromatic rings. The Morgan fingerprint density at radius 3 is 2.70 bits per heavy atom. The maximum atomic E-state index is 3.78. The Bertz CT molecular complexity index is 62.1. The number of rotatable bonds is 6. The van der Waals surface area contributed by atoms with Gasteiger partial charge in [0, 0.05) is 0 Å². The van der Waals surface area contributed by atoms with Crippen LogP contribution >= 0.6 is 0 Å². The van der Waals surface area contributed by atoms with Crippen LogP contribution in [-0.4, -0.2) is 0 Å². The summed E-state index contributed by atoms with van der Waals surface area (Å²) in [6.07, 6.45) is 12.5. The zero-order chi connectivity index (χ0) is 7.66. The van der Waals surface area contributed by atoms with Crippen molar-refractivity contribution in [3.05, 3.63) is 25.5 Å². The highest BCUT2D eigenvalue weighted by Crippen LogP contribution is 1.98. The standard InChI is InChI=1S/C10H18/c1-3-5-7-9-10-8-6-4-2/h8-10H,1,3-7H2,2H3. The molecule has 0 saturated carbocycles. The van der Waals surface area contributed by atoms with E-state index in [1.165, 1.54) is 25.7 Å². The van der Waals surface area contributed by atoms with Gasteiger partial charge in [0.2, 0.25) is 0 Å². The fourth-order valence-electron chi connectivity index (χ4n) is 0.718. The molecule has 0 N–H and O–H groups in total. The molecule has 0 amide bonds. The van der Waals surface area contributed by atoms with E-state index in [0.717, 1.165) is 6.42 Å². The fourth-order valence-corrected chi connectivity index (χ4v) is 0.718. The van der Waals surface area contributed by atoms with Crippen molar-refractivity contribution < 1.29 is 0 Å². The normalized spacial score (nSPS) is 11.0. The second-order valence-corrected chi connectivity index (χ2v) is 2.45. The summed E-state index contributed by atoms with van der Waals surface area (Å²) in [6.45, 7) is 5.97. The molecule has 0 aromatic carbocycles. The lowest BCUT2D eigenvalue weighted by atomic mass is 10.2. The lowest BCUT2D eigenvalue weighted by molar-refractivity contribution is 0.861. The summed E-state index contributed by atoms with van der Waals surface area (Å²) in [5, 5.41) is 0. The van der Waals surface area contributed by atoms with Crippen LogP contribution in [0.15, 0.2) is 12.2 Å². The summed E-state index contributed by atoms with van der Waals surface area (Å²) >= 11 is 0. The highest BCUT2D eigenvalue weighted by atomic mass is 13.9. The van der Waals surface area contributed by atoms with Crippen LogP contribution in [0.2, 0.25) is 0 Å². The molecule has 0 aliphatic rings. The molecule has 0 rings (SSSR count). The van der Waals surface area contributed by atoms with Gasteiger partial charge in [0.1, 0.15) is 0 Å². The molecule has 0 fully saturated rings. The molecule has 0 atom stereocenters. The monoisotopic (exact) mass is 138 g/mol. The van der Waals surface area contributed by atoms with Crippen molar-refractivity contribution in [3.8, 4) is 0 Å². The summed E-state index contributed by atoms with van der Waals surface area (Å²) in [7, 11) is 0. The minimum absolute atomic E-state index is 1.05. The maximum Gasteiger partial charge on any atom is -0.0171 e. The predicted octanol–water partition coefficient (Wildman–Crippen LogP) is 3.55. The van der Waals surface area contributed by atoms with E-state index in [4.69, 9.17) is 0 Å². The van der Waals surface area contributed by atoms with E-state index in [9.17, 15) is 0 Å². The van der Waals surface area contributed by atoms with Gasteiger partial charge >= 0.3 is 0 Å². The van der Waals surface area contributed by atoms with Gasteiger partial charge < -0.3 is 0 Å². The molecule has 0 heteroatoms. The Hall–Kier alpha value is -0.260. The third-order valence-electron chi connectivity index (χ3n) is 1.35. The summed E-state index contributed by atoms with van der Waals surface area (Å²) in [5.74, 6) is 0. The van der Waals surface area contributed by atoms with E-state index < -0.39 is 0 Å². The molecule has 0 aliphatic carbocycles. The van der Waals surface area contributed by atoms with Crippen LogP contribution in [0.25, 0.3) is 0 Å². The molecular formula is C10H18. The first kappa shape index (κ1) is 9.74. The second-order valence-electron chi connectivity index (χ2n) is 2.45. The topological polar surface area (TPSA) is 0 Å². The van der Waals surface area contributed by atoms with E-state index in [-0.39, 0.29) is 0 Å². The Morgan fingerprint density at radius 2 is 2.10 bits per heavy atom. The van der Waals surface area contributed by atoms with Crippen LogP contribution in [0.1, 0.15) is 39.0 Å². The van der Waals surface area contributed by atoms with Crippen LogP contribution in [0.4, 0.5) is 0 Å². The SMILES string of the molecule is [CH2]CCCC=C[CH]CCC. The van der Waals surface area contributed by atoms with Gasteiger partial charge in [-0.1, -0.05) is 38.8 Å². The minimum Gasteiger partial charge on any atom is -0.0882 e. The maximum absolute atomic E-state index is 3.78. The van der Waals surface area contributed by atoms with Crippen LogP contribution in [0.5, 0.6) is 0 Å². The van der Waals surface area contributed by atoms with Crippen molar-refractivity contribution in [2.24, 2.45) is 0 Å². The van der Waals surface area contributed by atoms with Crippen molar-refractivity contribution in [3.63, 3.8) is 0 Å². The van der Waals surface area contributed by atoms with Gasteiger partial charge in [-0.05, 0) is 25.7 Å². The largest absolute Gasteiger partial charge is 0.0882 e. The molecule has 0 nitrogen and oxygen atoms in total. The minimum atomic E-state index is 1.05. The molecule has 0 unspecified atom stereocenters. The molecule has 10 heavy (non-hydrogen) atoms. The highest BCUT2D eigenvalue weighted by molar-refractivity contribution is 4.93. The molecular weight excluding hydrogens is 120 g/mol. The first-order valence-corrected chi connectivity index (χ1v) is 4.19. The Balaban J connectivity index is 2.89. The quantitative estimate of drug-likeness (QED) is 0.492. The van der Waals surface area contributed by atoms with Gasteiger partial charge in [0.15, 0.2) is 0 Å². The molecule has 0 saturated heterocycles. The third-order valence-corrected chi connectivity index (χ3v) is 1.35. The second kappa shape index (κ2) is 8.74. The first-order valence-electron chi connectivity index (χ1n) is 4.19. The Morgan fingerprint density at radius 1 is 1.30 bits per heavy atom. The fraction of sp³-hybridized carbons (Fsp3) is 0.600. The average molecular weight is 138 g/mol. The lowest BCUT2D eigenvalue weighted by Gasteiger charge is -1.89. The van der Waals surface area contributed by atoms with Crippen molar-refractivity contribution >= 4 is 0 Å². The number of hydrogen-bond donors (Lipinski definition) is 0. The first-order chi connectivity index (χ1) is 4.91. The van der Waals surface area contributed by atoms with Crippen molar-refractivity contribution in [2.75, 3.05) is 0 Å². The van der Waals surface area contributed by atoms with Gasteiger partial charge in [-0.2, -0.15) is 0 Å². The van der Waals surface area contributed by atoms with Gasteiger partial charge in [-0.25, -0.2) is 0 Å². The molecule has 0 spiro atoms. The smallest absolute Gasteiger partial charge is 0.0171 e. The summed E-state index contributed by atoms with van der Waals surface area (Å²) in [4.78, 5) is 0. The molecule has 0 aliphatic heterocycles. The molecule has 0 bridgehead atoms. The lowest BCUT2D eigenvalue weighted by Crippen LogP contribution is -1.70. The van der Waals surface area contributed by atoms with Gasteiger partial charge in [0.25, 0.3) is 0 Å². The average Bonchev–Trinajstić information content (AvgIpc) is 1.97. The highest BCUT2D eigenvalue weighted by Gasteiger charge is 1.79. The Kier molecular flexibility index (Phi) is 8.51.